The van der Waals surface area contributed by atoms with Crippen molar-refractivity contribution < 1.29 is 18.8 Å². The summed E-state index contributed by atoms with van der Waals surface area (Å²) in [5.41, 5.74) is 1.62. The molecule has 4 aromatic rings. The number of benzene rings is 2. The maximum Gasteiger partial charge on any atom is 0.308 e. The van der Waals surface area contributed by atoms with Crippen LogP contribution < -0.4 is 5.32 Å². The summed E-state index contributed by atoms with van der Waals surface area (Å²) < 4.78 is 12.5. The molecule has 0 bridgehead atoms. The first-order chi connectivity index (χ1) is 14.6. The largest absolute Gasteiger partial charge is 0.447 e. The van der Waals surface area contributed by atoms with Gasteiger partial charge >= 0.3 is 5.97 Å². The van der Waals surface area contributed by atoms with Gasteiger partial charge in [-0.3, -0.25) is 9.59 Å². The quantitative estimate of drug-likeness (QED) is 0.466. The fourth-order valence-electron chi connectivity index (χ4n) is 3.26. The van der Waals surface area contributed by atoms with Gasteiger partial charge in [0.05, 0.1) is 6.42 Å². The SMILES string of the molecule is Cc1cc(NC(=O)C(OC(=O)CCn2ccc3ccccc32)c2ccccc2)no1. The molecule has 1 unspecified atom stereocenters. The summed E-state index contributed by atoms with van der Waals surface area (Å²) in [5.74, 6) is -0.117. The molecule has 0 spiro atoms. The highest BCUT2D eigenvalue weighted by atomic mass is 16.5. The Hall–Kier alpha value is -3.87. The van der Waals surface area contributed by atoms with Crippen LogP contribution in [0, 0.1) is 6.92 Å². The zero-order chi connectivity index (χ0) is 20.9. The van der Waals surface area contributed by atoms with Crippen LogP contribution >= 0.6 is 0 Å². The summed E-state index contributed by atoms with van der Waals surface area (Å²) >= 11 is 0. The summed E-state index contributed by atoms with van der Waals surface area (Å²) in [6.45, 7) is 2.18. The average molecular weight is 403 g/mol. The van der Waals surface area contributed by atoms with Gasteiger partial charge in [0.2, 0.25) is 6.10 Å². The normalized spacial score (nSPS) is 11.9. The van der Waals surface area contributed by atoms with Gasteiger partial charge in [-0.05, 0) is 24.4 Å². The first-order valence-electron chi connectivity index (χ1n) is 9.62. The van der Waals surface area contributed by atoms with Gasteiger partial charge in [-0.25, -0.2) is 0 Å². The topological polar surface area (TPSA) is 86.4 Å². The number of hydrogen-bond donors (Lipinski definition) is 1. The molecule has 152 valence electrons. The van der Waals surface area contributed by atoms with Crippen LogP contribution in [0.25, 0.3) is 10.9 Å². The van der Waals surface area contributed by atoms with Crippen molar-refractivity contribution in [2.75, 3.05) is 5.32 Å². The van der Waals surface area contributed by atoms with E-state index in [1.165, 1.54) is 0 Å². The van der Waals surface area contributed by atoms with Gasteiger partial charge in [0.15, 0.2) is 5.82 Å². The van der Waals surface area contributed by atoms with E-state index < -0.39 is 18.0 Å². The van der Waals surface area contributed by atoms with Crippen molar-refractivity contribution in [3.8, 4) is 0 Å². The smallest absolute Gasteiger partial charge is 0.308 e. The van der Waals surface area contributed by atoms with E-state index in [1.807, 2.05) is 47.2 Å². The Labute approximate surface area is 173 Å². The van der Waals surface area contributed by atoms with Crippen molar-refractivity contribution in [1.29, 1.82) is 0 Å². The van der Waals surface area contributed by atoms with Crippen LogP contribution in [-0.2, 0) is 20.9 Å². The summed E-state index contributed by atoms with van der Waals surface area (Å²) in [5, 5.41) is 7.50. The van der Waals surface area contributed by atoms with E-state index in [0.717, 1.165) is 10.9 Å². The lowest BCUT2D eigenvalue weighted by Gasteiger charge is -2.17. The van der Waals surface area contributed by atoms with Crippen molar-refractivity contribution in [3.05, 3.63) is 84.3 Å². The molecule has 0 saturated carbocycles. The minimum atomic E-state index is -1.09. The minimum Gasteiger partial charge on any atom is -0.447 e. The highest BCUT2D eigenvalue weighted by molar-refractivity contribution is 5.95. The molecule has 0 radical (unpaired) electrons. The van der Waals surface area contributed by atoms with Crippen molar-refractivity contribution >= 4 is 28.6 Å². The lowest BCUT2D eigenvalue weighted by molar-refractivity contribution is -0.155. The Bertz CT molecular complexity index is 1160. The molecule has 30 heavy (non-hydrogen) atoms. The van der Waals surface area contributed by atoms with Gasteiger partial charge in [0, 0.05) is 29.9 Å². The number of anilines is 1. The second-order valence-electron chi connectivity index (χ2n) is 6.91. The minimum absolute atomic E-state index is 0.137. The zero-order valence-corrected chi connectivity index (χ0v) is 16.4. The number of para-hydroxylation sites is 1. The predicted molar refractivity (Wildman–Crippen MR) is 112 cm³/mol. The Morgan fingerprint density at radius 2 is 1.87 bits per heavy atom. The van der Waals surface area contributed by atoms with E-state index >= 15 is 0 Å². The van der Waals surface area contributed by atoms with Gasteiger partial charge in [-0.15, -0.1) is 0 Å². The number of amides is 1. The van der Waals surface area contributed by atoms with Gasteiger partial charge < -0.3 is 19.1 Å². The van der Waals surface area contributed by atoms with E-state index in [1.54, 1.807) is 37.3 Å². The van der Waals surface area contributed by atoms with Gasteiger partial charge in [0.1, 0.15) is 5.76 Å². The monoisotopic (exact) mass is 403 g/mol. The lowest BCUT2D eigenvalue weighted by atomic mass is 10.1. The molecule has 0 aliphatic carbocycles. The number of aromatic nitrogens is 2. The molecule has 2 heterocycles. The van der Waals surface area contributed by atoms with Crippen LogP contribution in [0.2, 0.25) is 0 Å². The average Bonchev–Trinajstić information content (AvgIpc) is 3.36. The van der Waals surface area contributed by atoms with Gasteiger partial charge in [0.25, 0.3) is 5.91 Å². The fraction of sp³-hybridized carbons (Fsp3) is 0.174. The number of nitrogens with zero attached hydrogens (tertiary/aromatic N) is 2. The maximum absolute atomic E-state index is 12.8. The third-order valence-electron chi connectivity index (χ3n) is 4.71. The Morgan fingerprint density at radius 3 is 2.63 bits per heavy atom. The summed E-state index contributed by atoms with van der Waals surface area (Å²) in [6, 6.07) is 20.4. The highest BCUT2D eigenvalue weighted by Gasteiger charge is 2.26. The zero-order valence-electron chi connectivity index (χ0n) is 16.4. The summed E-state index contributed by atoms with van der Waals surface area (Å²) in [6.07, 6.45) is 0.988. The standard InChI is InChI=1S/C23H21N3O4/c1-16-15-20(25-30-16)24-23(28)22(18-8-3-2-4-9-18)29-21(27)12-14-26-13-11-17-7-5-6-10-19(17)26/h2-11,13,15,22H,12,14H2,1H3,(H,24,25,28). The second-order valence-corrected chi connectivity index (χ2v) is 6.91. The van der Waals surface area contributed by atoms with Crippen LogP contribution in [0.1, 0.15) is 23.8 Å². The maximum atomic E-state index is 12.8. The van der Waals surface area contributed by atoms with E-state index in [0.29, 0.717) is 17.9 Å². The molecule has 7 nitrogen and oxygen atoms in total. The Kier molecular flexibility index (Phi) is 5.61. The molecule has 4 rings (SSSR count). The molecule has 1 N–H and O–H groups in total. The number of carbonyl (C=O) groups excluding carboxylic acids is 2. The third kappa shape index (κ3) is 4.41. The number of hydrogen-bond acceptors (Lipinski definition) is 5. The number of fused-ring (bicyclic) bond motifs is 1. The molecule has 2 aromatic carbocycles. The van der Waals surface area contributed by atoms with Crippen molar-refractivity contribution in [2.45, 2.75) is 26.0 Å². The van der Waals surface area contributed by atoms with Crippen LogP contribution in [0.15, 0.2) is 77.4 Å². The number of rotatable bonds is 7. The molecule has 0 aliphatic heterocycles. The molecule has 0 fully saturated rings. The Morgan fingerprint density at radius 1 is 1.10 bits per heavy atom. The van der Waals surface area contributed by atoms with Crippen molar-refractivity contribution in [1.82, 2.24) is 9.72 Å². The molecule has 1 atom stereocenters. The van der Waals surface area contributed by atoms with Gasteiger partial charge in [-0.1, -0.05) is 53.7 Å². The molecule has 0 saturated heterocycles. The lowest BCUT2D eigenvalue weighted by Crippen LogP contribution is -2.26. The van der Waals surface area contributed by atoms with Crippen molar-refractivity contribution in [2.24, 2.45) is 0 Å². The van der Waals surface area contributed by atoms with Crippen LogP contribution in [0.4, 0.5) is 5.82 Å². The second kappa shape index (κ2) is 8.65. The van der Waals surface area contributed by atoms with E-state index in [4.69, 9.17) is 9.26 Å². The van der Waals surface area contributed by atoms with Gasteiger partial charge in [-0.2, -0.15) is 0 Å². The summed E-state index contributed by atoms with van der Waals surface area (Å²) in [4.78, 5) is 25.4. The first-order valence-corrected chi connectivity index (χ1v) is 9.62. The molecular formula is C23H21N3O4. The molecule has 2 aromatic heterocycles. The third-order valence-corrected chi connectivity index (χ3v) is 4.71. The molecule has 7 heteroatoms. The van der Waals surface area contributed by atoms with Crippen LogP contribution in [0.5, 0.6) is 0 Å². The predicted octanol–water partition coefficient (Wildman–Crippen LogP) is 4.25. The molecule has 1 amide bonds. The number of esters is 1. The van der Waals surface area contributed by atoms with Crippen LogP contribution in [-0.4, -0.2) is 21.6 Å². The number of carbonyl (C=O) groups is 2. The summed E-state index contributed by atoms with van der Waals surface area (Å²) in [7, 11) is 0. The Balaban J connectivity index is 1.45. The van der Waals surface area contributed by atoms with E-state index in [9.17, 15) is 9.59 Å². The molecular weight excluding hydrogens is 382 g/mol. The highest BCUT2D eigenvalue weighted by Crippen LogP contribution is 2.21. The number of aryl methyl sites for hydroxylation is 2. The molecule has 0 aliphatic rings. The van der Waals surface area contributed by atoms with E-state index in [2.05, 4.69) is 10.5 Å². The fourth-order valence-corrected chi connectivity index (χ4v) is 3.26. The van der Waals surface area contributed by atoms with Crippen molar-refractivity contribution in [3.63, 3.8) is 0 Å². The van der Waals surface area contributed by atoms with Crippen LogP contribution in [0.3, 0.4) is 0 Å². The van der Waals surface area contributed by atoms with E-state index in [-0.39, 0.29) is 12.2 Å². The number of ether oxygens (including phenoxy) is 1. The first kappa shape index (κ1) is 19.4. The number of nitrogens with one attached hydrogen (secondary N) is 1.